The molecule has 1 aliphatic carbocycles. The van der Waals surface area contributed by atoms with Gasteiger partial charge in [-0.3, -0.25) is 4.79 Å². The number of Topliss-reactive ketones (excluding diaryl/α,β-unsaturated/α-hetero) is 1. The van der Waals surface area contributed by atoms with Crippen LogP contribution in [0.3, 0.4) is 0 Å². The van der Waals surface area contributed by atoms with Crippen LogP contribution in [-0.4, -0.2) is 5.78 Å². The largest absolute Gasteiger partial charge is 0.289 e. The minimum Gasteiger partial charge on any atom is -0.289 e. The number of hydrogen-bond acceptors (Lipinski definition) is 4. The van der Waals surface area contributed by atoms with E-state index in [4.69, 9.17) is 5.11 Å². The number of thiophene rings is 1. The van der Waals surface area contributed by atoms with Crippen molar-refractivity contribution in [2.75, 3.05) is 0 Å². The molecule has 1 aromatic heterocycles. The van der Waals surface area contributed by atoms with Gasteiger partial charge in [-0.05, 0) is 57.1 Å². The van der Waals surface area contributed by atoms with Crippen LogP contribution in [0.2, 0.25) is 0 Å². The Hall–Kier alpha value is -2.63. The average Bonchev–Trinajstić information content (AvgIpc) is 3.10. The minimum atomic E-state index is -0.299. The van der Waals surface area contributed by atoms with E-state index in [9.17, 15) is 4.79 Å². The van der Waals surface area contributed by atoms with E-state index in [2.05, 4.69) is 74.7 Å². The Morgan fingerprint density at radius 2 is 1.38 bits per heavy atom. The molecule has 0 atom stereocenters. The first-order valence-corrected chi connectivity index (χ1v) is 13.0. The SMILES string of the molecule is CC(C)(C)C1=CC(=C(N=Nc2ccccc2)c2sc3ccccc3c2Br)C=C(C(C)(C)C)C1=O. The van der Waals surface area contributed by atoms with E-state index in [1.165, 1.54) is 4.70 Å². The Bertz CT molecular complexity index is 1340. The summed E-state index contributed by atoms with van der Waals surface area (Å²) < 4.78 is 2.17. The van der Waals surface area contributed by atoms with E-state index in [0.29, 0.717) is 0 Å². The van der Waals surface area contributed by atoms with Crippen molar-refractivity contribution in [2.24, 2.45) is 21.1 Å². The molecule has 5 heteroatoms. The van der Waals surface area contributed by atoms with Crippen LogP contribution in [0, 0.1) is 10.8 Å². The smallest absolute Gasteiger partial charge is 0.186 e. The highest BCUT2D eigenvalue weighted by Crippen LogP contribution is 2.45. The average molecular weight is 534 g/mol. The fourth-order valence-corrected chi connectivity index (χ4v) is 5.89. The van der Waals surface area contributed by atoms with Crippen molar-refractivity contribution in [1.29, 1.82) is 0 Å². The van der Waals surface area contributed by atoms with Crippen LogP contribution in [0.4, 0.5) is 5.69 Å². The molecule has 34 heavy (non-hydrogen) atoms. The predicted octanol–water partition coefficient (Wildman–Crippen LogP) is 9.69. The van der Waals surface area contributed by atoms with Gasteiger partial charge in [-0.2, -0.15) is 5.11 Å². The Morgan fingerprint density at radius 1 is 0.824 bits per heavy atom. The number of fused-ring (bicyclic) bond motifs is 1. The van der Waals surface area contributed by atoms with Crippen LogP contribution in [0.5, 0.6) is 0 Å². The third-order valence-electron chi connectivity index (χ3n) is 5.75. The highest BCUT2D eigenvalue weighted by molar-refractivity contribution is 9.10. The van der Waals surface area contributed by atoms with Crippen molar-refractivity contribution in [3.63, 3.8) is 0 Å². The molecule has 1 aliphatic rings. The van der Waals surface area contributed by atoms with Gasteiger partial charge in [0.1, 0.15) is 5.70 Å². The van der Waals surface area contributed by atoms with E-state index >= 15 is 0 Å². The quantitative estimate of drug-likeness (QED) is 0.309. The molecule has 0 unspecified atom stereocenters. The maximum Gasteiger partial charge on any atom is 0.186 e. The first-order valence-electron chi connectivity index (χ1n) is 11.3. The molecule has 0 fully saturated rings. The van der Waals surface area contributed by atoms with Crippen molar-refractivity contribution >= 4 is 54.5 Å². The fraction of sp³-hybridized carbons (Fsp3) is 0.276. The van der Waals surface area contributed by atoms with Crippen LogP contribution >= 0.6 is 27.3 Å². The monoisotopic (exact) mass is 532 g/mol. The van der Waals surface area contributed by atoms with Gasteiger partial charge in [-0.1, -0.05) is 77.9 Å². The second kappa shape index (κ2) is 9.20. The van der Waals surface area contributed by atoms with E-state index in [1.54, 1.807) is 11.3 Å². The predicted molar refractivity (Wildman–Crippen MR) is 147 cm³/mol. The number of hydrogen-bond donors (Lipinski definition) is 0. The van der Waals surface area contributed by atoms with Gasteiger partial charge in [0.05, 0.1) is 10.6 Å². The molecule has 0 spiro atoms. The summed E-state index contributed by atoms with van der Waals surface area (Å²) in [5.74, 6) is 0.110. The van der Waals surface area contributed by atoms with Gasteiger partial charge < -0.3 is 0 Å². The van der Waals surface area contributed by atoms with Crippen molar-refractivity contribution < 1.29 is 4.79 Å². The molecule has 0 aliphatic heterocycles. The zero-order valence-electron chi connectivity index (χ0n) is 20.4. The Kier molecular flexibility index (Phi) is 6.63. The maximum atomic E-state index is 13.5. The number of azo groups is 1. The van der Waals surface area contributed by atoms with E-state index in [-0.39, 0.29) is 16.6 Å². The number of rotatable bonds is 3. The molecule has 3 nitrogen and oxygen atoms in total. The van der Waals surface area contributed by atoms with Crippen molar-refractivity contribution in [2.45, 2.75) is 41.5 Å². The lowest BCUT2D eigenvalue weighted by Crippen LogP contribution is -2.28. The molecule has 0 radical (unpaired) electrons. The van der Waals surface area contributed by atoms with Gasteiger partial charge in [0.2, 0.25) is 0 Å². The number of carbonyl (C=O) groups excluding carboxylic acids is 1. The van der Waals surface area contributed by atoms with Crippen molar-refractivity contribution in [3.8, 4) is 0 Å². The number of carbonyl (C=O) groups is 1. The zero-order chi connectivity index (χ0) is 24.7. The highest BCUT2D eigenvalue weighted by Gasteiger charge is 2.35. The van der Waals surface area contributed by atoms with E-state index in [0.717, 1.165) is 42.8 Å². The molecule has 4 rings (SSSR count). The third-order valence-corrected chi connectivity index (χ3v) is 8.01. The minimum absolute atomic E-state index is 0.110. The van der Waals surface area contributed by atoms with Crippen LogP contribution in [0.25, 0.3) is 15.8 Å². The Labute approximate surface area is 214 Å². The lowest BCUT2D eigenvalue weighted by atomic mass is 9.71. The number of nitrogens with zero attached hydrogens (tertiary/aromatic N) is 2. The summed E-state index contributed by atoms with van der Waals surface area (Å²) in [6.07, 6.45) is 4.02. The normalized spacial score (nSPS) is 15.1. The highest BCUT2D eigenvalue weighted by atomic mass is 79.9. The molecule has 0 amide bonds. The lowest BCUT2D eigenvalue weighted by molar-refractivity contribution is -0.114. The zero-order valence-corrected chi connectivity index (χ0v) is 22.8. The first-order chi connectivity index (χ1) is 16.0. The van der Waals surface area contributed by atoms with Crippen molar-refractivity contribution in [3.05, 3.63) is 92.8 Å². The molecule has 174 valence electrons. The molecule has 0 saturated carbocycles. The van der Waals surface area contributed by atoms with Gasteiger partial charge in [0.25, 0.3) is 0 Å². The fourth-order valence-electron chi connectivity index (χ4n) is 3.88. The van der Waals surface area contributed by atoms with E-state index in [1.807, 2.05) is 54.6 Å². The second-order valence-electron chi connectivity index (χ2n) is 10.5. The Morgan fingerprint density at radius 3 is 1.94 bits per heavy atom. The molecule has 1 heterocycles. The van der Waals surface area contributed by atoms with Crippen LogP contribution in [0.1, 0.15) is 46.4 Å². The number of halogens is 1. The van der Waals surface area contributed by atoms with Gasteiger partial charge in [0, 0.05) is 31.3 Å². The topological polar surface area (TPSA) is 41.8 Å². The van der Waals surface area contributed by atoms with Gasteiger partial charge in [-0.15, -0.1) is 16.5 Å². The maximum absolute atomic E-state index is 13.5. The summed E-state index contributed by atoms with van der Waals surface area (Å²) in [6, 6.07) is 18.0. The number of benzene rings is 2. The second-order valence-corrected chi connectivity index (χ2v) is 12.4. The number of ketones is 1. The standard InChI is InChI=1S/C29H29BrN2OS/c1-28(2,3)21-16-18(17-22(26(21)33)29(4,5)6)25(32-31-19-12-8-7-9-13-19)27-24(30)20-14-10-11-15-23(20)34-27/h7-17H,1-6H3. The summed E-state index contributed by atoms with van der Waals surface area (Å²) >= 11 is 5.51. The number of allylic oxidation sites excluding steroid dienone is 5. The molecule has 0 bridgehead atoms. The molecule has 0 saturated heterocycles. The van der Waals surface area contributed by atoms with Crippen LogP contribution in [0.15, 0.2) is 98.2 Å². The van der Waals surface area contributed by atoms with Gasteiger partial charge >= 0.3 is 0 Å². The molecule has 0 N–H and O–H groups in total. The first kappa shape index (κ1) is 24.5. The summed E-state index contributed by atoms with van der Waals surface area (Å²) in [4.78, 5) is 14.5. The molecular weight excluding hydrogens is 504 g/mol. The summed E-state index contributed by atoms with van der Waals surface area (Å²) in [6.45, 7) is 12.5. The summed E-state index contributed by atoms with van der Waals surface area (Å²) in [5.41, 5.74) is 3.43. The van der Waals surface area contributed by atoms with E-state index < -0.39 is 0 Å². The molecule has 3 aromatic rings. The van der Waals surface area contributed by atoms with Gasteiger partial charge in [-0.25, -0.2) is 0 Å². The third kappa shape index (κ3) is 4.91. The molecule has 2 aromatic carbocycles. The van der Waals surface area contributed by atoms with Crippen molar-refractivity contribution in [1.82, 2.24) is 0 Å². The van der Waals surface area contributed by atoms with Crippen LogP contribution < -0.4 is 0 Å². The van der Waals surface area contributed by atoms with Crippen LogP contribution in [-0.2, 0) is 4.79 Å². The van der Waals surface area contributed by atoms with Gasteiger partial charge in [0.15, 0.2) is 5.78 Å². The summed E-state index contributed by atoms with van der Waals surface area (Å²) in [7, 11) is 0. The lowest BCUT2D eigenvalue weighted by Gasteiger charge is -2.31. The Balaban J connectivity index is 2.04. The summed E-state index contributed by atoms with van der Waals surface area (Å²) in [5, 5.41) is 10.5. The molecular formula is C29H29BrN2OS.